The van der Waals surface area contributed by atoms with Gasteiger partial charge in [-0.1, -0.05) is 23.7 Å². The maximum Gasteiger partial charge on any atom is 0.300 e. The third-order valence-corrected chi connectivity index (χ3v) is 5.50. The number of nitrogens with zero attached hydrogens (tertiary/aromatic N) is 2. The van der Waals surface area contributed by atoms with E-state index in [1.165, 1.54) is 25.2 Å². The number of carbonyl (C=O) groups is 2. The lowest BCUT2D eigenvalue weighted by molar-refractivity contribution is -0.132. The van der Waals surface area contributed by atoms with Crippen molar-refractivity contribution in [3.8, 4) is 11.5 Å². The number of ether oxygens (including phenoxy) is 2. The number of rotatable bonds is 5. The molecular formula is C24H19ClN2O5. The van der Waals surface area contributed by atoms with Gasteiger partial charge in [0.15, 0.2) is 0 Å². The van der Waals surface area contributed by atoms with Crippen molar-refractivity contribution in [2.24, 2.45) is 0 Å². The predicted octanol–water partition coefficient (Wildman–Crippen LogP) is 4.38. The van der Waals surface area contributed by atoms with Crippen molar-refractivity contribution in [3.05, 3.63) is 88.7 Å². The Bertz CT molecular complexity index is 1230. The van der Waals surface area contributed by atoms with E-state index in [0.717, 1.165) is 0 Å². The van der Waals surface area contributed by atoms with Gasteiger partial charge in [0.1, 0.15) is 17.3 Å². The minimum Gasteiger partial charge on any atom is -0.507 e. The van der Waals surface area contributed by atoms with Gasteiger partial charge in [0.05, 0.1) is 30.9 Å². The first-order chi connectivity index (χ1) is 15.5. The molecule has 2 aromatic carbocycles. The average molecular weight is 451 g/mol. The number of pyridine rings is 1. The highest BCUT2D eigenvalue weighted by atomic mass is 35.5. The number of anilines is 1. The van der Waals surface area contributed by atoms with Gasteiger partial charge in [-0.05, 0) is 42.0 Å². The molecule has 1 aliphatic rings. The Morgan fingerprint density at radius 1 is 1.06 bits per heavy atom. The molecule has 3 aromatic rings. The molecule has 32 heavy (non-hydrogen) atoms. The van der Waals surface area contributed by atoms with Crippen LogP contribution in [0.4, 0.5) is 5.69 Å². The fourth-order valence-electron chi connectivity index (χ4n) is 3.68. The second-order valence-electron chi connectivity index (χ2n) is 7.01. The van der Waals surface area contributed by atoms with E-state index in [1.54, 1.807) is 60.9 Å². The number of ketones is 1. The maximum absolute atomic E-state index is 13.1. The third kappa shape index (κ3) is 3.67. The van der Waals surface area contributed by atoms with E-state index in [-0.39, 0.29) is 21.9 Å². The lowest BCUT2D eigenvalue weighted by Crippen LogP contribution is -2.29. The number of aliphatic hydroxyl groups is 1. The van der Waals surface area contributed by atoms with Gasteiger partial charge in [0, 0.05) is 29.7 Å². The minimum absolute atomic E-state index is 0.0629. The molecule has 1 fully saturated rings. The summed E-state index contributed by atoms with van der Waals surface area (Å²) in [5.74, 6) is -0.980. The molecule has 162 valence electrons. The highest BCUT2D eigenvalue weighted by Crippen LogP contribution is 2.43. The molecule has 0 spiro atoms. The highest BCUT2D eigenvalue weighted by Gasteiger charge is 2.47. The Kier molecular flexibility index (Phi) is 5.83. The molecule has 1 amide bonds. The third-order valence-electron chi connectivity index (χ3n) is 5.20. The van der Waals surface area contributed by atoms with Crippen LogP contribution in [-0.4, -0.2) is 36.0 Å². The van der Waals surface area contributed by atoms with Crippen LogP contribution in [0, 0.1) is 0 Å². The predicted molar refractivity (Wildman–Crippen MR) is 120 cm³/mol. The number of amides is 1. The largest absolute Gasteiger partial charge is 0.507 e. The minimum atomic E-state index is -0.892. The Labute approximate surface area is 189 Å². The topological polar surface area (TPSA) is 89.0 Å². The Morgan fingerprint density at radius 2 is 1.88 bits per heavy atom. The summed E-state index contributed by atoms with van der Waals surface area (Å²) in [4.78, 5) is 31.7. The Balaban J connectivity index is 1.93. The van der Waals surface area contributed by atoms with Gasteiger partial charge < -0.3 is 14.6 Å². The zero-order valence-corrected chi connectivity index (χ0v) is 18.0. The van der Waals surface area contributed by atoms with Crippen LogP contribution in [0.5, 0.6) is 11.5 Å². The quantitative estimate of drug-likeness (QED) is 0.352. The Hall–Kier alpha value is -3.84. The number of hydrogen-bond donors (Lipinski definition) is 1. The molecule has 1 atom stereocenters. The number of benzene rings is 2. The lowest BCUT2D eigenvalue weighted by Gasteiger charge is -2.25. The van der Waals surface area contributed by atoms with Crippen molar-refractivity contribution in [1.29, 1.82) is 0 Å². The molecule has 7 nitrogen and oxygen atoms in total. The van der Waals surface area contributed by atoms with Gasteiger partial charge in [-0.15, -0.1) is 0 Å². The number of hydrogen-bond acceptors (Lipinski definition) is 6. The summed E-state index contributed by atoms with van der Waals surface area (Å²) in [5, 5.41) is 11.4. The summed E-state index contributed by atoms with van der Waals surface area (Å²) < 4.78 is 10.4. The number of methoxy groups -OCH3 is 2. The van der Waals surface area contributed by atoms with Crippen molar-refractivity contribution in [3.63, 3.8) is 0 Å². The van der Waals surface area contributed by atoms with E-state index in [2.05, 4.69) is 4.98 Å². The highest BCUT2D eigenvalue weighted by molar-refractivity contribution is 6.51. The maximum atomic E-state index is 13.1. The first-order valence-electron chi connectivity index (χ1n) is 9.65. The van der Waals surface area contributed by atoms with Gasteiger partial charge >= 0.3 is 0 Å². The molecule has 1 unspecified atom stereocenters. The van der Waals surface area contributed by atoms with E-state index in [0.29, 0.717) is 22.7 Å². The molecule has 0 bridgehead atoms. The number of aromatic nitrogens is 1. The van der Waals surface area contributed by atoms with Crippen LogP contribution in [0.25, 0.3) is 5.76 Å². The van der Waals surface area contributed by atoms with Gasteiger partial charge in [0.2, 0.25) is 0 Å². The normalized spacial score (nSPS) is 17.5. The van der Waals surface area contributed by atoms with Crippen LogP contribution in [-0.2, 0) is 9.59 Å². The van der Waals surface area contributed by atoms with Crippen LogP contribution in [0.2, 0.25) is 5.02 Å². The second-order valence-corrected chi connectivity index (χ2v) is 7.41. The average Bonchev–Trinajstić information content (AvgIpc) is 3.09. The van der Waals surface area contributed by atoms with Crippen molar-refractivity contribution in [2.75, 3.05) is 19.1 Å². The van der Waals surface area contributed by atoms with E-state index in [1.807, 2.05) is 0 Å². The molecular weight excluding hydrogens is 432 g/mol. The molecule has 1 aliphatic heterocycles. The molecule has 4 rings (SSSR count). The van der Waals surface area contributed by atoms with E-state index in [4.69, 9.17) is 21.1 Å². The molecule has 1 saturated heterocycles. The molecule has 0 saturated carbocycles. The standard InChI is InChI=1S/C24H19ClN2O5/c1-31-17-7-3-6-16(12-17)27-21(15-5-4-10-26-13-15)20(23(29)24(27)30)22(28)14-8-9-19(32-2)18(25)11-14/h3-13,21,28H,1-2H3/b22-20+. The lowest BCUT2D eigenvalue weighted by atomic mass is 9.96. The van der Waals surface area contributed by atoms with Crippen LogP contribution < -0.4 is 14.4 Å². The number of carbonyl (C=O) groups excluding carboxylic acids is 2. The first kappa shape index (κ1) is 21.4. The van der Waals surface area contributed by atoms with Gasteiger partial charge in [0.25, 0.3) is 11.7 Å². The van der Waals surface area contributed by atoms with Crippen LogP contribution in [0.15, 0.2) is 72.6 Å². The molecule has 2 heterocycles. The molecule has 0 aliphatic carbocycles. The van der Waals surface area contributed by atoms with Crippen molar-refractivity contribution >= 4 is 34.7 Å². The zero-order chi connectivity index (χ0) is 22.8. The van der Waals surface area contributed by atoms with Crippen molar-refractivity contribution in [1.82, 2.24) is 4.98 Å². The van der Waals surface area contributed by atoms with E-state index in [9.17, 15) is 14.7 Å². The van der Waals surface area contributed by atoms with Gasteiger partial charge in [-0.25, -0.2) is 0 Å². The monoisotopic (exact) mass is 450 g/mol. The molecule has 0 radical (unpaired) electrons. The summed E-state index contributed by atoms with van der Waals surface area (Å²) in [7, 11) is 2.99. The zero-order valence-electron chi connectivity index (χ0n) is 17.3. The van der Waals surface area contributed by atoms with Crippen molar-refractivity contribution < 1.29 is 24.2 Å². The number of aliphatic hydroxyl groups excluding tert-OH is 1. The van der Waals surface area contributed by atoms with E-state index < -0.39 is 17.7 Å². The van der Waals surface area contributed by atoms with Crippen LogP contribution in [0.1, 0.15) is 17.2 Å². The van der Waals surface area contributed by atoms with Gasteiger partial charge in [-0.3, -0.25) is 19.5 Å². The van der Waals surface area contributed by atoms with Crippen LogP contribution in [0.3, 0.4) is 0 Å². The van der Waals surface area contributed by atoms with E-state index >= 15 is 0 Å². The second kappa shape index (κ2) is 8.72. The van der Waals surface area contributed by atoms with Crippen LogP contribution >= 0.6 is 11.6 Å². The SMILES string of the molecule is COc1cccc(N2C(=O)C(=O)/C(=C(/O)c3ccc(OC)c(Cl)c3)C2c2cccnc2)c1. The molecule has 1 N–H and O–H groups in total. The summed E-state index contributed by atoms with van der Waals surface area (Å²) in [6.45, 7) is 0. The summed E-state index contributed by atoms with van der Waals surface area (Å²) in [6, 6.07) is 14.0. The summed E-state index contributed by atoms with van der Waals surface area (Å²) >= 11 is 6.21. The fraction of sp³-hybridized carbons (Fsp3) is 0.125. The first-order valence-corrected chi connectivity index (χ1v) is 10.0. The smallest absolute Gasteiger partial charge is 0.300 e. The summed E-state index contributed by atoms with van der Waals surface area (Å²) in [6.07, 6.45) is 3.14. The molecule has 8 heteroatoms. The number of Topliss-reactive ketones (excluding diaryl/α,β-unsaturated/α-hetero) is 1. The Morgan fingerprint density at radius 3 is 2.53 bits per heavy atom. The fourth-order valence-corrected chi connectivity index (χ4v) is 3.94. The van der Waals surface area contributed by atoms with Gasteiger partial charge in [-0.2, -0.15) is 0 Å². The number of halogens is 1. The van der Waals surface area contributed by atoms with Crippen molar-refractivity contribution in [2.45, 2.75) is 6.04 Å². The summed E-state index contributed by atoms with van der Waals surface area (Å²) in [5.41, 5.74) is 1.24. The molecule has 1 aromatic heterocycles.